The summed E-state index contributed by atoms with van der Waals surface area (Å²) in [6.45, 7) is 3.10. The molecule has 0 radical (unpaired) electrons. The van der Waals surface area contributed by atoms with Gasteiger partial charge in [0.05, 0.1) is 17.5 Å². The minimum atomic E-state index is 0.973. The third kappa shape index (κ3) is 1.51. The summed E-state index contributed by atoms with van der Waals surface area (Å²) in [6.07, 6.45) is 4.91. The molecule has 0 unspecified atom stereocenters. The first-order valence-corrected chi connectivity index (χ1v) is 4.88. The Bertz CT molecular complexity index is 431. The molecule has 3 nitrogen and oxygen atoms in total. The first-order valence-electron chi connectivity index (χ1n) is 4.88. The van der Waals surface area contributed by atoms with E-state index >= 15 is 0 Å². The molecular formula is C11H15N3. The van der Waals surface area contributed by atoms with Crippen molar-refractivity contribution in [2.45, 2.75) is 13.3 Å². The Morgan fingerprint density at radius 1 is 1.50 bits per heavy atom. The summed E-state index contributed by atoms with van der Waals surface area (Å²) in [5, 5.41) is 3.14. The molecule has 14 heavy (non-hydrogen) atoms. The van der Waals surface area contributed by atoms with Gasteiger partial charge in [-0.3, -0.25) is 0 Å². The lowest BCUT2D eigenvalue weighted by atomic mass is 10.2. The van der Waals surface area contributed by atoms with Gasteiger partial charge in [0, 0.05) is 19.2 Å². The van der Waals surface area contributed by atoms with Gasteiger partial charge in [-0.05, 0) is 25.6 Å². The molecule has 1 N–H and O–H groups in total. The molecule has 0 atom stereocenters. The Morgan fingerprint density at radius 3 is 3.14 bits per heavy atom. The molecule has 0 aliphatic heterocycles. The molecule has 2 rings (SSSR count). The molecule has 0 aliphatic carbocycles. The molecule has 0 saturated heterocycles. The van der Waals surface area contributed by atoms with E-state index in [0.29, 0.717) is 0 Å². The average molecular weight is 189 g/mol. The largest absolute Gasteiger partial charge is 0.319 e. The maximum Gasteiger partial charge on any atom is 0.0995 e. The van der Waals surface area contributed by atoms with Crippen molar-refractivity contribution < 1.29 is 0 Å². The van der Waals surface area contributed by atoms with Gasteiger partial charge in [0.1, 0.15) is 0 Å². The molecule has 0 aliphatic rings. The van der Waals surface area contributed by atoms with Crippen LogP contribution in [0.5, 0.6) is 0 Å². The number of nitrogens with zero attached hydrogens (tertiary/aromatic N) is 2. The second kappa shape index (κ2) is 3.80. The van der Waals surface area contributed by atoms with Gasteiger partial charge in [-0.1, -0.05) is 6.07 Å². The summed E-state index contributed by atoms with van der Waals surface area (Å²) >= 11 is 0. The summed E-state index contributed by atoms with van der Waals surface area (Å²) in [6, 6.07) is 4.17. The van der Waals surface area contributed by atoms with Crippen molar-refractivity contribution >= 4 is 5.52 Å². The van der Waals surface area contributed by atoms with Crippen molar-refractivity contribution in [1.82, 2.24) is 14.7 Å². The quantitative estimate of drug-likeness (QED) is 0.791. The SMILES string of the molecule is CNCCc1ncn2cccc(C)c12. The van der Waals surface area contributed by atoms with E-state index in [1.165, 1.54) is 16.8 Å². The Kier molecular flexibility index (Phi) is 2.50. The normalized spacial score (nSPS) is 11.0. The zero-order valence-electron chi connectivity index (χ0n) is 8.62. The number of rotatable bonds is 3. The molecule has 0 spiro atoms. The predicted octanol–water partition coefficient (Wildman–Crippen LogP) is 1.40. The summed E-state index contributed by atoms with van der Waals surface area (Å²) in [4.78, 5) is 4.42. The van der Waals surface area contributed by atoms with E-state index in [1.54, 1.807) is 0 Å². The molecule has 2 heterocycles. The number of imidazole rings is 1. The number of nitrogens with one attached hydrogen (secondary N) is 1. The van der Waals surface area contributed by atoms with Gasteiger partial charge in [0.15, 0.2) is 0 Å². The second-order valence-electron chi connectivity index (χ2n) is 3.49. The van der Waals surface area contributed by atoms with E-state index in [2.05, 4.69) is 27.7 Å². The predicted molar refractivity (Wildman–Crippen MR) is 57.6 cm³/mol. The molecule has 2 aromatic heterocycles. The molecule has 2 aromatic rings. The van der Waals surface area contributed by atoms with Crippen molar-refractivity contribution in [3.05, 3.63) is 35.9 Å². The number of hydrogen-bond donors (Lipinski definition) is 1. The number of aromatic nitrogens is 2. The third-order valence-corrected chi connectivity index (χ3v) is 2.45. The minimum Gasteiger partial charge on any atom is -0.319 e. The Labute approximate surface area is 83.8 Å². The van der Waals surface area contributed by atoms with E-state index in [4.69, 9.17) is 0 Å². The van der Waals surface area contributed by atoms with Gasteiger partial charge >= 0.3 is 0 Å². The first-order chi connectivity index (χ1) is 6.83. The van der Waals surface area contributed by atoms with Gasteiger partial charge in [0.25, 0.3) is 0 Å². The van der Waals surface area contributed by atoms with E-state index in [1.807, 2.05) is 25.6 Å². The molecule has 0 bridgehead atoms. The Hall–Kier alpha value is -1.35. The van der Waals surface area contributed by atoms with E-state index in [-0.39, 0.29) is 0 Å². The summed E-state index contributed by atoms with van der Waals surface area (Å²) in [5.74, 6) is 0. The summed E-state index contributed by atoms with van der Waals surface area (Å²) in [5.41, 5.74) is 3.72. The highest BCUT2D eigenvalue weighted by atomic mass is 15.0. The Morgan fingerprint density at radius 2 is 2.36 bits per heavy atom. The molecule has 0 saturated carbocycles. The van der Waals surface area contributed by atoms with Gasteiger partial charge in [-0.15, -0.1) is 0 Å². The number of pyridine rings is 1. The number of likely N-dealkylation sites (N-methyl/N-ethyl adjacent to an activating group) is 1. The molecule has 0 aromatic carbocycles. The lowest BCUT2D eigenvalue weighted by Gasteiger charge is -2.01. The van der Waals surface area contributed by atoms with Crippen LogP contribution in [0, 0.1) is 6.92 Å². The zero-order chi connectivity index (χ0) is 9.97. The van der Waals surface area contributed by atoms with Crippen molar-refractivity contribution in [2.24, 2.45) is 0 Å². The molecule has 0 amide bonds. The fourth-order valence-corrected chi connectivity index (χ4v) is 1.73. The Balaban J connectivity index is 2.45. The first kappa shape index (κ1) is 9.21. The van der Waals surface area contributed by atoms with E-state index in [0.717, 1.165) is 13.0 Å². The number of aryl methyl sites for hydroxylation is 1. The van der Waals surface area contributed by atoms with Crippen LogP contribution in [0.3, 0.4) is 0 Å². The van der Waals surface area contributed by atoms with Gasteiger partial charge in [0.2, 0.25) is 0 Å². The van der Waals surface area contributed by atoms with Gasteiger partial charge < -0.3 is 9.72 Å². The lowest BCUT2D eigenvalue weighted by Crippen LogP contribution is -2.10. The van der Waals surface area contributed by atoms with Crippen molar-refractivity contribution in [3.8, 4) is 0 Å². The fourth-order valence-electron chi connectivity index (χ4n) is 1.73. The van der Waals surface area contributed by atoms with Crippen LogP contribution >= 0.6 is 0 Å². The van der Waals surface area contributed by atoms with Crippen LogP contribution in [-0.4, -0.2) is 23.0 Å². The maximum absolute atomic E-state index is 4.42. The van der Waals surface area contributed by atoms with E-state index in [9.17, 15) is 0 Å². The van der Waals surface area contributed by atoms with Crippen molar-refractivity contribution in [1.29, 1.82) is 0 Å². The van der Waals surface area contributed by atoms with Crippen molar-refractivity contribution in [2.75, 3.05) is 13.6 Å². The van der Waals surface area contributed by atoms with Crippen LogP contribution in [0.4, 0.5) is 0 Å². The highest BCUT2D eigenvalue weighted by Crippen LogP contribution is 2.14. The molecular weight excluding hydrogens is 174 g/mol. The van der Waals surface area contributed by atoms with Crippen LogP contribution in [-0.2, 0) is 6.42 Å². The second-order valence-corrected chi connectivity index (χ2v) is 3.49. The highest BCUT2D eigenvalue weighted by molar-refractivity contribution is 5.58. The molecule has 0 fully saturated rings. The standard InChI is InChI=1S/C11H15N3/c1-9-4-3-7-14-8-13-10(11(9)14)5-6-12-2/h3-4,7-8,12H,5-6H2,1-2H3. The highest BCUT2D eigenvalue weighted by Gasteiger charge is 2.05. The summed E-state index contributed by atoms with van der Waals surface area (Å²) in [7, 11) is 1.96. The van der Waals surface area contributed by atoms with Crippen LogP contribution < -0.4 is 5.32 Å². The van der Waals surface area contributed by atoms with Gasteiger partial charge in [-0.2, -0.15) is 0 Å². The monoisotopic (exact) mass is 189 g/mol. The minimum absolute atomic E-state index is 0.973. The maximum atomic E-state index is 4.42. The van der Waals surface area contributed by atoms with Crippen LogP contribution in [0.25, 0.3) is 5.52 Å². The number of hydrogen-bond acceptors (Lipinski definition) is 2. The average Bonchev–Trinajstić information content (AvgIpc) is 2.59. The number of fused-ring (bicyclic) bond motifs is 1. The topological polar surface area (TPSA) is 29.3 Å². The van der Waals surface area contributed by atoms with E-state index < -0.39 is 0 Å². The van der Waals surface area contributed by atoms with Crippen molar-refractivity contribution in [3.63, 3.8) is 0 Å². The fraction of sp³-hybridized carbons (Fsp3) is 0.364. The van der Waals surface area contributed by atoms with Crippen LogP contribution in [0.15, 0.2) is 24.7 Å². The smallest absolute Gasteiger partial charge is 0.0995 e. The third-order valence-electron chi connectivity index (χ3n) is 2.45. The molecule has 3 heteroatoms. The van der Waals surface area contributed by atoms with Crippen LogP contribution in [0.1, 0.15) is 11.3 Å². The summed E-state index contributed by atoms with van der Waals surface area (Å²) < 4.78 is 2.08. The zero-order valence-corrected chi connectivity index (χ0v) is 8.62. The lowest BCUT2D eigenvalue weighted by molar-refractivity contribution is 0.783. The van der Waals surface area contributed by atoms with Gasteiger partial charge in [-0.25, -0.2) is 4.98 Å². The van der Waals surface area contributed by atoms with Crippen LogP contribution in [0.2, 0.25) is 0 Å². The molecule has 74 valence electrons.